The summed E-state index contributed by atoms with van der Waals surface area (Å²) in [6, 6.07) is 0. The largest absolute Gasteiger partial charge is 0.269 e. The first kappa shape index (κ1) is 7.23. The Bertz CT molecular complexity index is 102. The van der Waals surface area contributed by atoms with Gasteiger partial charge < -0.3 is 0 Å². The summed E-state index contributed by atoms with van der Waals surface area (Å²) >= 11 is 0. The average Bonchev–Trinajstić information content (AvgIpc) is 1.67. The number of hydrogen-bond acceptors (Lipinski definition) is 3. The van der Waals surface area contributed by atoms with Crippen molar-refractivity contribution in [3.8, 4) is 0 Å². The summed E-state index contributed by atoms with van der Waals surface area (Å²) in [5.74, 6) is 5.19. The van der Waals surface area contributed by atoms with Crippen LogP contribution in [0.1, 0.15) is 6.92 Å². The average molecular weight is 115 g/mol. The zero-order chi connectivity index (χ0) is 6.57. The van der Waals surface area contributed by atoms with E-state index in [1.807, 2.05) is 0 Å². The van der Waals surface area contributed by atoms with Gasteiger partial charge in [0.1, 0.15) is 0 Å². The lowest BCUT2D eigenvalue weighted by molar-refractivity contribution is 0.272. The highest BCUT2D eigenvalue weighted by Gasteiger charge is 1.97. The molecule has 8 heavy (non-hydrogen) atoms. The van der Waals surface area contributed by atoms with E-state index in [4.69, 9.17) is 11.4 Å². The maximum atomic E-state index is 7.86. The van der Waals surface area contributed by atoms with Gasteiger partial charge in [-0.15, -0.1) is 0 Å². The second-order valence-corrected chi connectivity index (χ2v) is 1.50. The molecule has 0 saturated carbocycles. The lowest BCUT2D eigenvalue weighted by Gasteiger charge is -2.11. The molecule has 0 aromatic heterocycles. The van der Waals surface area contributed by atoms with Crippen LogP contribution in [-0.2, 0) is 0 Å². The summed E-state index contributed by atoms with van der Waals surface area (Å²) in [6.45, 7) is 1.71. The van der Waals surface area contributed by atoms with Crippen LogP contribution in [0.5, 0.6) is 0 Å². The Kier molecular flexibility index (Phi) is 2.95. The molecule has 1 unspecified atom stereocenters. The molecule has 0 rings (SSSR count). The van der Waals surface area contributed by atoms with Gasteiger partial charge in [0.05, 0.1) is 6.17 Å². The molecule has 1 atom stereocenters. The van der Waals surface area contributed by atoms with Gasteiger partial charge in [0.25, 0.3) is 0 Å². The molecule has 0 aliphatic carbocycles. The molecule has 0 spiro atoms. The maximum absolute atomic E-state index is 7.86. The fourth-order valence-electron chi connectivity index (χ4n) is 0.156. The zero-order valence-corrected chi connectivity index (χ0v) is 4.94. The van der Waals surface area contributed by atoms with Crippen LogP contribution in [0.15, 0.2) is 5.11 Å². The maximum Gasteiger partial charge on any atom is 0.0996 e. The predicted molar refractivity (Wildman–Crippen MR) is 30.6 cm³/mol. The molecular weight excluding hydrogens is 106 g/mol. The summed E-state index contributed by atoms with van der Waals surface area (Å²) in [5, 5.41) is 4.64. The first-order valence-corrected chi connectivity index (χ1v) is 2.20. The lowest BCUT2D eigenvalue weighted by Crippen LogP contribution is -2.33. The third-order valence-corrected chi connectivity index (χ3v) is 0.808. The second-order valence-electron chi connectivity index (χ2n) is 1.50. The summed E-state index contributed by atoms with van der Waals surface area (Å²) in [7, 11) is 1.64. The number of nitrogens with two attached hydrogens (primary N) is 1. The van der Waals surface area contributed by atoms with Crippen LogP contribution in [-0.4, -0.2) is 18.2 Å². The van der Waals surface area contributed by atoms with Gasteiger partial charge in [0.2, 0.25) is 0 Å². The van der Waals surface area contributed by atoms with Crippen molar-refractivity contribution in [2.45, 2.75) is 13.1 Å². The molecule has 2 N–H and O–H groups in total. The van der Waals surface area contributed by atoms with Gasteiger partial charge in [-0.05, 0) is 12.5 Å². The Hall–Kier alpha value is -0.770. The molecule has 46 valence electrons. The standard InChI is InChI=1S/C3H9N5/c1-3(6-7-4)8(2)5/h3H,5H2,1-2H3. The fourth-order valence-corrected chi connectivity index (χ4v) is 0.156. The minimum atomic E-state index is -0.264. The quantitative estimate of drug-likeness (QED) is 0.186. The van der Waals surface area contributed by atoms with Crippen LogP contribution < -0.4 is 5.84 Å². The number of rotatable bonds is 2. The van der Waals surface area contributed by atoms with Crippen molar-refractivity contribution >= 4 is 0 Å². The van der Waals surface area contributed by atoms with Crippen molar-refractivity contribution in [3.05, 3.63) is 10.4 Å². The van der Waals surface area contributed by atoms with E-state index in [1.54, 1.807) is 14.0 Å². The Morgan fingerprint density at radius 1 is 1.88 bits per heavy atom. The molecule has 0 saturated heterocycles. The Labute approximate surface area is 47.7 Å². The Morgan fingerprint density at radius 3 is 2.50 bits per heavy atom. The number of hydrogen-bond donors (Lipinski definition) is 1. The van der Waals surface area contributed by atoms with Crippen molar-refractivity contribution in [1.29, 1.82) is 0 Å². The minimum Gasteiger partial charge on any atom is -0.269 e. The summed E-state index contributed by atoms with van der Waals surface area (Å²) in [5.41, 5.74) is 7.86. The van der Waals surface area contributed by atoms with Crippen molar-refractivity contribution < 1.29 is 0 Å². The van der Waals surface area contributed by atoms with Gasteiger partial charge in [-0.3, -0.25) is 5.84 Å². The third-order valence-electron chi connectivity index (χ3n) is 0.808. The Balaban J connectivity index is 3.63. The first-order valence-electron chi connectivity index (χ1n) is 2.20. The molecule has 0 fully saturated rings. The molecule has 0 aliphatic heterocycles. The summed E-state index contributed by atoms with van der Waals surface area (Å²) in [6.07, 6.45) is -0.264. The minimum absolute atomic E-state index is 0.264. The van der Waals surface area contributed by atoms with Crippen LogP contribution in [0.2, 0.25) is 0 Å². The summed E-state index contributed by atoms with van der Waals surface area (Å²) in [4.78, 5) is 2.56. The van der Waals surface area contributed by atoms with Gasteiger partial charge in [-0.1, -0.05) is 5.11 Å². The number of nitrogens with zero attached hydrogens (tertiary/aromatic N) is 4. The van der Waals surface area contributed by atoms with Crippen LogP contribution in [0, 0.1) is 0 Å². The molecule has 0 bridgehead atoms. The molecule has 0 aromatic carbocycles. The Morgan fingerprint density at radius 2 is 2.38 bits per heavy atom. The summed E-state index contributed by atoms with van der Waals surface area (Å²) < 4.78 is 0. The van der Waals surface area contributed by atoms with E-state index in [2.05, 4.69) is 10.0 Å². The van der Waals surface area contributed by atoms with E-state index in [0.717, 1.165) is 0 Å². The van der Waals surface area contributed by atoms with Crippen molar-refractivity contribution in [2.75, 3.05) is 7.05 Å². The third kappa shape index (κ3) is 2.41. The zero-order valence-electron chi connectivity index (χ0n) is 4.94. The smallest absolute Gasteiger partial charge is 0.0996 e. The second kappa shape index (κ2) is 3.26. The molecule has 0 radical (unpaired) electrons. The molecule has 5 heteroatoms. The molecule has 0 aliphatic rings. The first-order chi connectivity index (χ1) is 3.68. The van der Waals surface area contributed by atoms with Crippen molar-refractivity contribution in [2.24, 2.45) is 11.0 Å². The predicted octanol–water partition coefficient (Wildman–Crippen LogP) is 0.448. The van der Waals surface area contributed by atoms with Crippen LogP contribution in [0.25, 0.3) is 10.4 Å². The SMILES string of the molecule is CC(N=[N+]=[N-])N(C)N. The molecular formula is C3H9N5. The van der Waals surface area contributed by atoms with Gasteiger partial charge in [0, 0.05) is 12.0 Å². The number of azide groups is 1. The molecule has 0 heterocycles. The van der Waals surface area contributed by atoms with E-state index >= 15 is 0 Å². The molecule has 5 nitrogen and oxygen atoms in total. The van der Waals surface area contributed by atoms with E-state index in [-0.39, 0.29) is 6.17 Å². The van der Waals surface area contributed by atoms with Gasteiger partial charge in [0.15, 0.2) is 0 Å². The van der Waals surface area contributed by atoms with E-state index < -0.39 is 0 Å². The van der Waals surface area contributed by atoms with Crippen molar-refractivity contribution in [3.63, 3.8) is 0 Å². The van der Waals surface area contributed by atoms with Gasteiger partial charge in [-0.25, -0.2) is 5.01 Å². The highest BCUT2D eigenvalue weighted by molar-refractivity contribution is 4.53. The highest BCUT2D eigenvalue weighted by Crippen LogP contribution is 1.88. The topological polar surface area (TPSA) is 78.0 Å². The lowest BCUT2D eigenvalue weighted by atomic mass is 10.6. The van der Waals surface area contributed by atoms with E-state index in [9.17, 15) is 0 Å². The van der Waals surface area contributed by atoms with Crippen LogP contribution in [0.3, 0.4) is 0 Å². The molecule has 0 aromatic rings. The van der Waals surface area contributed by atoms with Crippen molar-refractivity contribution in [1.82, 2.24) is 5.01 Å². The molecule has 0 amide bonds. The highest BCUT2D eigenvalue weighted by atomic mass is 15.5. The number of hydrazine groups is 1. The monoisotopic (exact) mass is 115 g/mol. The van der Waals surface area contributed by atoms with Gasteiger partial charge >= 0.3 is 0 Å². The van der Waals surface area contributed by atoms with E-state index in [1.165, 1.54) is 5.01 Å². The van der Waals surface area contributed by atoms with Crippen LogP contribution >= 0.6 is 0 Å². The van der Waals surface area contributed by atoms with Gasteiger partial charge in [-0.2, -0.15) is 0 Å². The van der Waals surface area contributed by atoms with Crippen LogP contribution in [0.4, 0.5) is 0 Å². The normalized spacial score (nSPS) is 13.0. The fraction of sp³-hybridized carbons (Fsp3) is 1.00. The van der Waals surface area contributed by atoms with E-state index in [0.29, 0.717) is 0 Å².